The number of aromatic nitrogens is 2. The van der Waals surface area contributed by atoms with Crippen LogP contribution < -0.4 is 52.5 Å². The maximum Gasteiger partial charge on any atom is 0.326 e. The highest BCUT2D eigenvalue weighted by Crippen LogP contribution is 2.45. The van der Waals surface area contributed by atoms with Gasteiger partial charge in [0.2, 0.25) is 17.7 Å². The van der Waals surface area contributed by atoms with Gasteiger partial charge in [-0.2, -0.15) is 13.1 Å². The number of phenolic OH excluding ortho intramolecular Hbond substituents is 1. The van der Waals surface area contributed by atoms with Crippen LogP contribution in [-0.4, -0.2) is 132 Å². The molecular weight excluding hydrogens is 931 g/mol. The van der Waals surface area contributed by atoms with Crippen LogP contribution in [0.5, 0.6) is 17.2 Å². The summed E-state index contributed by atoms with van der Waals surface area (Å²) in [4.78, 5) is 79.4. The van der Waals surface area contributed by atoms with Crippen molar-refractivity contribution in [2.24, 2.45) is 22.5 Å². The molecule has 1 saturated carbocycles. The molecule has 24 heteroatoms. The molecule has 0 unspecified atom stereocenters. The Hall–Kier alpha value is -6.96. The minimum absolute atomic E-state index is 0.0525. The van der Waals surface area contributed by atoms with Crippen molar-refractivity contribution in [2.75, 3.05) is 45.6 Å². The number of carboxylic acids is 1. The summed E-state index contributed by atoms with van der Waals surface area (Å²) in [5.41, 5.74) is 19.8. The number of phenols is 1. The number of rotatable bonds is 19. The van der Waals surface area contributed by atoms with Crippen LogP contribution in [0.15, 0.2) is 54.6 Å². The number of nitrogens with zero attached hydrogens (tertiary/aromatic N) is 3. The van der Waals surface area contributed by atoms with Gasteiger partial charge >= 0.3 is 5.97 Å². The van der Waals surface area contributed by atoms with Gasteiger partial charge in [-0.25, -0.2) is 19.9 Å². The van der Waals surface area contributed by atoms with Gasteiger partial charge in [0.05, 0.1) is 12.3 Å². The number of aliphatic hydroxyl groups is 1. The van der Waals surface area contributed by atoms with E-state index in [1.54, 1.807) is 6.07 Å². The number of hydrogen-bond donors (Lipinski definition) is 11. The smallest absolute Gasteiger partial charge is 0.326 e. The summed E-state index contributed by atoms with van der Waals surface area (Å²) in [6, 6.07) is 8.17. The molecule has 0 spiro atoms. The number of benzene rings is 3. The summed E-state index contributed by atoms with van der Waals surface area (Å²) in [6.07, 6.45) is 2.28. The molecular formula is C46H59N11O12S. The van der Waals surface area contributed by atoms with Gasteiger partial charge in [-0.15, -0.1) is 0 Å². The van der Waals surface area contributed by atoms with Crippen LogP contribution in [0.25, 0.3) is 22.5 Å². The molecule has 5 atom stereocenters. The average molecular weight is 990 g/mol. The largest absolute Gasteiger partial charge is 0.504 e. The molecule has 6 rings (SSSR count). The number of fused-ring (bicyclic) bond motifs is 5. The van der Waals surface area contributed by atoms with Crippen molar-refractivity contribution in [3.63, 3.8) is 0 Å². The third kappa shape index (κ3) is 13.2. The number of aliphatic hydroxyl groups excluding tert-OH is 1. The topological polar surface area (TPSA) is 380 Å². The number of nitrogens with one attached hydrogen (secondary N) is 4. The Morgan fingerprint density at radius 3 is 2.31 bits per heavy atom. The van der Waals surface area contributed by atoms with Crippen LogP contribution in [0, 0.1) is 12.8 Å². The van der Waals surface area contributed by atoms with Crippen molar-refractivity contribution < 1.29 is 57.2 Å². The van der Waals surface area contributed by atoms with Crippen molar-refractivity contribution in [1.29, 1.82) is 0 Å². The van der Waals surface area contributed by atoms with Crippen molar-refractivity contribution >= 4 is 45.6 Å². The van der Waals surface area contributed by atoms with E-state index in [1.807, 2.05) is 29.0 Å². The Bertz CT molecular complexity index is 2700. The van der Waals surface area contributed by atoms with Gasteiger partial charge < -0.3 is 62.8 Å². The molecule has 1 aromatic heterocycles. The molecule has 3 aromatic carbocycles. The van der Waals surface area contributed by atoms with Gasteiger partial charge in [-0.05, 0) is 92.9 Å². The number of hydrogen-bond acceptors (Lipinski definition) is 16. The second kappa shape index (κ2) is 22.6. The van der Waals surface area contributed by atoms with Crippen molar-refractivity contribution in [2.45, 2.75) is 76.2 Å². The third-order valence-corrected chi connectivity index (χ3v) is 12.3. The fourth-order valence-corrected chi connectivity index (χ4v) is 8.16. The number of amides is 4. The van der Waals surface area contributed by atoms with Gasteiger partial charge in [0.15, 0.2) is 17.3 Å². The predicted molar refractivity (Wildman–Crippen MR) is 255 cm³/mol. The molecule has 1 aliphatic heterocycles. The lowest BCUT2D eigenvalue weighted by Crippen LogP contribution is -2.57. The summed E-state index contributed by atoms with van der Waals surface area (Å²) < 4.78 is 38.4. The summed E-state index contributed by atoms with van der Waals surface area (Å²) in [5, 5.41) is 45.1. The number of carbonyl (C=O) groups is 5. The Balaban J connectivity index is 1.44. The van der Waals surface area contributed by atoms with Crippen LogP contribution in [0.1, 0.15) is 65.0 Å². The molecule has 1 fully saturated rings. The molecule has 23 nitrogen and oxygen atoms in total. The summed E-state index contributed by atoms with van der Waals surface area (Å²) in [7, 11) is -3.37. The maximum absolute atomic E-state index is 14.9. The Morgan fingerprint density at radius 2 is 1.69 bits per heavy atom. The minimum atomic E-state index is -4.52. The summed E-state index contributed by atoms with van der Waals surface area (Å²) in [6.45, 7) is 1.60. The van der Waals surface area contributed by atoms with E-state index in [9.17, 15) is 47.7 Å². The quantitative estimate of drug-likeness (QED) is 0.0528. The second-order valence-electron chi connectivity index (χ2n) is 17.3. The van der Waals surface area contributed by atoms with Crippen molar-refractivity contribution in [3.8, 4) is 39.8 Å². The highest BCUT2D eigenvalue weighted by molar-refractivity contribution is 7.87. The minimum Gasteiger partial charge on any atom is -0.504 e. The van der Waals surface area contributed by atoms with E-state index in [4.69, 9.17) is 31.8 Å². The molecule has 0 saturated heterocycles. The molecule has 4 amide bonds. The van der Waals surface area contributed by atoms with E-state index >= 15 is 0 Å². The first-order valence-electron chi connectivity index (χ1n) is 22.4. The lowest BCUT2D eigenvalue weighted by Gasteiger charge is -2.33. The van der Waals surface area contributed by atoms with Gasteiger partial charge in [-0.1, -0.05) is 30.3 Å². The normalized spacial score (nSPS) is 18.1. The SMILES string of the molecule is Cc1nc(-c2ccc(CC3CC3)cc2)nc(N)c1C(=O)N[C@@H](CNS(N)(=O)=O)C(=O)N(C)[C@@H]1C(=O)N[C@@H](C)C(=O)N[C@H](C(=O)O)Cc2ccc(OCCCN)c(c2)-c2cc1cc(OC[C@H](O)CN)c2O. The first-order chi connectivity index (χ1) is 33.2. The Morgan fingerprint density at radius 1 is 0.971 bits per heavy atom. The van der Waals surface area contributed by atoms with E-state index < -0.39 is 89.0 Å². The number of ether oxygens (including phenoxy) is 2. The Kier molecular flexibility index (Phi) is 17.0. The number of carbonyl (C=O) groups excluding carboxylic acids is 4. The van der Waals surface area contributed by atoms with E-state index in [0.717, 1.165) is 23.9 Å². The van der Waals surface area contributed by atoms with Crippen molar-refractivity contribution in [3.05, 3.63) is 82.5 Å². The number of aromatic hydroxyl groups is 1. The highest BCUT2D eigenvalue weighted by atomic mass is 32.2. The zero-order valence-electron chi connectivity index (χ0n) is 38.8. The molecule has 2 heterocycles. The lowest BCUT2D eigenvalue weighted by atomic mass is 9.93. The molecule has 0 radical (unpaired) electrons. The van der Waals surface area contributed by atoms with Gasteiger partial charge in [0, 0.05) is 43.2 Å². The van der Waals surface area contributed by atoms with E-state index in [2.05, 4.69) is 25.9 Å². The highest BCUT2D eigenvalue weighted by Gasteiger charge is 2.38. The van der Waals surface area contributed by atoms with Crippen LogP contribution in [-0.2, 0) is 42.2 Å². The summed E-state index contributed by atoms with van der Waals surface area (Å²) in [5.74, 6) is -5.49. The number of likely N-dealkylation sites (N-methyl/N-ethyl adjacent to an activating group) is 1. The van der Waals surface area contributed by atoms with Gasteiger partial charge in [0.25, 0.3) is 16.1 Å². The van der Waals surface area contributed by atoms with Crippen LogP contribution in [0.3, 0.4) is 0 Å². The molecule has 4 bridgehead atoms. The monoisotopic (exact) mass is 989 g/mol. The van der Waals surface area contributed by atoms with Crippen LogP contribution in [0.4, 0.5) is 5.82 Å². The number of carboxylic acid groups (broad SMARTS) is 1. The maximum atomic E-state index is 14.9. The number of nitrogen functional groups attached to an aromatic ring is 1. The number of anilines is 1. The molecule has 70 heavy (non-hydrogen) atoms. The van der Waals surface area contributed by atoms with Crippen molar-refractivity contribution in [1.82, 2.24) is 35.5 Å². The van der Waals surface area contributed by atoms with E-state index in [1.165, 1.54) is 51.0 Å². The molecule has 376 valence electrons. The molecule has 2 aliphatic rings. The number of nitrogens with two attached hydrogens (primary N) is 4. The van der Waals surface area contributed by atoms with E-state index in [0.29, 0.717) is 23.5 Å². The predicted octanol–water partition coefficient (Wildman–Crippen LogP) is -0.493. The summed E-state index contributed by atoms with van der Waals surface area (Å²) >= 11 is 0. The first-order valence-corrected chi connectivity index (χ1v) is 24.0. The Labute approximate surface area is 403 Å². The first kappa shape index (κ1) is 52.4. The number of aliphatic carboxylic acids is 1. The van der Waals surface area contributed by atoms with Crippen LogP contribution >= 0.6 is 0 Å². The van der Waals surface area contributed by atoms with E-state index in [-0.39, 0.29) is 77.2 Å². The lowest BCUT2D eigenvalue weighted by molar-refractivity contribution is -0.143. The standard InChI is InChI=1S/C46H59N11O12S/c1-23-37(40(49)56-41(52-23)28-10-7-26(8-11-28)15-25-5-6-25)43(61)55-34(21-51-70(50,66)67)45(63)57(3)38-29-18-32(39(59)36(19-29)69-22-30(58)20-48)31-16-27(9-12-35(31)68-14-4-13-47)17-33(46(64)65)54-42(60)24(2)53-44(38)62/h7-12,16,18-19,24-25,30,33-34,38,51,58-59H,4-6,13-15,17,20-22,47-48H2,1-3H3,(H,53,62)(H,54,60)(H,55,61)(H,64,65)(H2,49,52,56)(H2,50,66,67)/t24-,30+,33-,34-,38-/m0/s1. The second-order valence-corrected chi connectivity index (χ2v) is 18.7. The zero-order chi connectivity index (χ0) is 51.0. The number of aryl methyl sites for hydroxylation is 1. The fraction of sp³-hybridized carbons (Fsp3) is 0.413. The fourth-order valence-electron chi connectivity index (χ4n) is 7.76. The molecule has 4 aromatic rings. The van der Waals surface area contributed by atoms with Gasteiger partial charge in [-0.3, -0.25) is 19.2 Å². The van der Waals surface area contributed by atoms with Crippen LogP contribution in [0.2, 0.25) is 0 Å². The average Bonchev–Trinajstić information content (AvgIpc) is 4.13. The zero-order valence-corrected chi connectivity index (χ0v) is 39.6. The molecule has 1 aliphatic carbocycles. The molecule has 15 N–H and O–H groups in total. The van der Waals surface area contributed by atoms with Gasteiger partial charge in [0.1, 0.15) is 54.0 Å². The third-order valence-electron chi connectivity index (χ3n) is 11.7.